The Morgan fingerprint density at radius 2 is 1.76 bits per heavy atom. The summed E-state index contributed by atoms with van der Waals surface area (Å²) < 4.78 is 38.5. The van der Waals surface area contributed by atoms with Gasteiger partial charge in [-0.2, -0.15) is 13.2 Å². The Hall–Kier alpha value is -2.79. The zero-order valence-corrected chi connectivity index (χ0v) is 20.5. The maximum absolute atomic E-state index is 12.8. The minimum Gasteiger partial charge on any atom is -0.352 e. The number of nitrogens with zero attached hydrogens (tertiary/aromatic N) is 2. The Balaban J connectivity index is 2.42. The van der Waals surface area contributed by atoms with Crippen molar-refractivity contribution >= 4 is 29.0 Å². The van der Waals surface area contributed by atoms with Crippen molar-refractivity contribution in [2.24, 2.45) is 4.99 Å². The average Bonchev–Trinajstić information content (AvgIpc) is 2.78. The van der Waals surface area contributed by atoms with E-state index in [-0.39, 0.29) is 5.92 Å². The highest BCUT2D eigenvalue weighted by atomic mass is 35.5. The van der Waals surface area contributed by atoms with Crippen LogP contribution < -0.4 is 0 Å². The van der Waals surface area contributed by atoms with Gasteiger partial charge in [0.05, 0.1) is 11.3 Å². The van der Waals surface area contributed by atoms with Gasteiger partial charge in [-0.25, -0.2) is 0 Å². The van der Waals surface area contributed by atoms with E-state index in [1.807, 2.05) is 46.0 Å². The van der Waals surface area contributed by atoms with Crippen molar-refractivity contribution in [1.82, 2.24) is 4.90 Å². The molecule has 1 atom stereocenters. The van der Waals surface area contributed by atoms with Crippen LogP contribution in [0.15, 0.2) is 77.1 Å². The predicted molar refractivity (Wildman–Crippen MR) is 134 cm³/mol. The zero-order chi connectivity index (χ0) is 24.9. The van der Waals surface area contributed by atoms with Gasteiger partial charge >= 0.3 is 6.18 Å². The van der Waals surface area contributed by atoms with E-state index in [1.54, 1.807) is 0 Å². The molecule has 1 unspecified atom stereocenters. The van der Waals surface area contributed by atoms with Gasteiger partial charge in [-0.3, -0.25) is 4.99 Å². The Bertz CT molecular complexity index is 1080. The molecule has 0 heterocycles. The van der Waals surface area contributed by atoms with Crippen LogP contribution in [0.2, 0.25) is 0 Å². The Morgan fingerprint density at radius 1 is 1.15 bits per heavy atom. The second kappa shape index (κ2) is 10.9. The molecule has 0 aliphatic heterocycles. The number of allylic oxidation sites excluding steroid dienone is 4. The molecule has 0 aromatic heterocycles. The van der Waals surface area contributed by atoms with E-state index in [1.165, 1.54) is 12.1 Å². The lowest BCUT2D eigenvalue weighted by molar-refractivity contribution is -0.137. The van der Waals surface area contributed by atoms with Gasteiger partial charge in [0.25, 0.3) is 0 Å². The minimum absolute atomic E-state index is 0.0778. The Morgan fingerprint density at radius 3 is 2.24 bits per heavy atom. The van der Waals surface area contributed by atoms with Crippen molar-refractivity contribution in [3.05, 3.63) is 94.3 Å². The van der Waals surface area contributed by atoms with Crippen molar-refractivity contribution in [1.29, 1.82) is 0 Å². The number of benzene rings is 2. The lowest BCUT2D eigenvalue weighted by Gasteiger charge is -2.28. The van der Waals surface area contributed by atoms with Crippen LogP contribution in [0.3, 0.4) is 0 Å². The number of alkyl halides is 3. The van der Waals surface area contributed by atoms with Crippen LogP contribution in [0.25, 0.3) is 5.03 Å². The summed E-state index contributed by atoms with van der Waals surface area (Å²) in [5.41, 5.74) is 5.40. The molecular weight excluding hydrogens is 445 g/mol. The molecule has 6 heteroatoms. The third-order valence-corrected chi connectivity index (χ3v) is 6.28. The number of likely N-dealkylation sites (N-methyl/N-ethyl adjacent to an activating group) is 1. The van der Waals surface area contributed by atoms with Gasteiger partial charge < -0.3 is 4.90 Å². The quantitative estimate of drug-likeness (QED) is 0.349. The number of hydrogen-bond acceptors (Lipinski definition) is 2. The maximum atomic E-state index is 12.8. The topological polar surface area (TPSA) is 15.6 Å². The molecule has 0 saturated heterocycles. The molecular formula is C27H30ClF3N2. The third kappa shape index (κ3) is 6.38. The van der Waals surface area contributed by atoms with Crippen LogP contribution in [-0.2, 0) is 12.6 Å². The first-order chi connectivity index (χ1) is 15.4. The molecule has 176 valence electrons. The molecule has 2 aromatic carbocycles. The van der Waals surface area contributed by atoms with E-state index in [0.717, 1.165) is 45.8 Å². The van der Waals surface area contributed by atoms with Crippen LogP contribution in [0.1, 0.15) is 55.9 Å². The summed E-state index contributed by atoms with van der Waals surface area (Å²) >= 11 is 6.77. The Labute approximate surface area is 199 Å². The molecule has 0 fully saturated rings. The highest BCUT2D eigenvalue weighted by molar-refractivity contribution is 6.49. The maximum Gasteiger partial charge on any atom is 0.416 e. The summed E-state index contributed by atoms with van der Waals surface area (Å²) in [6.45, 7) is 15.6. The molecule has 0 saturated carbocycles. The fourth-order valence-electron chi connectivity index (χ4n) is 3.69. The SMILES string of the molecule is C=Nc1ccc(C(C)/C(=C/C)N(C)C(=C)C)cc1/C(Cl)=C(\C)Cc1ccc(C(F)(F)F)cc1. The predicted octanol–water partition coefficient (Wildman–Crippen LogP) is 8.72. The second-order valence-electron chi connectivity index (χ2n) is 8.13. The average molecular weight is 475 g/mol. The number of aliphatic imine (C=N–C) groups is 1. The molecule has 0 aliphatic rings. The Kier molecular flexibility index (Phi) is 8.73. The number of hydrogen-bond donors (Lipinski definition) is 0. The fraction of sp³-hybridized carbons (Fsp3) is 0.296. The third-order valence-electron chi connectivity index (χ3n) is 5.75. The highest BCUT2D eigenvalue weighted by Crippen LogP contribution is 2.37. The standard InChI is InChI=1S/C27H30ClF3N2/c1-8-25(33(7)17(2)3)19(5)21-11-14-24(32-6)23(16-21)26(28)18(4)15-20-9-12-22(13-10-20)27(29,30)31/h8-14,16,19H,2,6,15H2,1,3-5,7H3/b25-8-,26-18-. The summed E-state index contributed by atoms with van der Waals surface area (Å²) in [5.74, 6) is 0.0778. The second-order valence-corrected chi connectivity index (χ2v) is 8.51. The van der Waals surface area contributed by atoms with Crippen LogP contribution in [-0.4, -0.2) is 18.7 Å². The molecule has 2 nitrogen and oxygen atoms in total. The van der Waals surface area contributed by atoms with Crippen LogP contribution >= 0.6 is 11.6 Å². The summed E-state index contributed by atoms with van der Waals surface area (Å²) in [7, 11) is 1.98. The van der Waals surface area contributed by atoms with Gasteiger partial charge in [-0.15, -0.1) is 0 Å². The van der Waals surface area contributed by atoms with Crippen LogP contribution in [0, 0.1) is 0 Å². The summed E-state index contributed by atoms with van der Waals surface area (Å²) in [6, 6.07) is 11.0. The van der Waals surface area contributed by atoms with E-state index in [2.05, 4.69) is 36.2 Å². The van der Waals surface area contributed by atoms with Gasteiger partial charge in [0.15, 0.2) is 0 Å². The molecule has 33 heavy (non-hydrogen) atoms. The molecule has 0 spiro atoms. The van der Waals surface area contributed by atoms with Gasteiger partial charge in [0.2, 0.25) is 0 Å². The molecule has 2 aromatic rings. The molecule has 0 amide bonds. The molecule has 0 radical (unpaired) electrons. The number of halogens is 4. The smallest absolute Gasteiger partial charge is 0.352 e. The fourth-order valence-corrected chi connectivity index (χ4v) is 3.91. The first-order valence-electron chi connectivity index (χ1n) is 10.6. The van der Waals surface area contributed by atoms with Crippen molar-refractivity contribution in [3.8, 4) is 0 Å². The van der Waals surface area contributed by atoms with Gasteiger partial charge in [-0.05, 0) is 74.9 Å². The molecule has 0 aliphatic carbocycles. The van der Waals surface area contributed by atoms with Gasteiger partial charge in [0, 0.05) is 35.0 Å². The van der Waals surface area contributed by atoms with E-state index < -0.39 is 11.7 Å². The molecule has 0 bridgehead atoms. The zero-order valence-electron chi connectivity index (χ0n) is 19.7. The first-order valence-corrected chi connectivity index (χ1v) is 11.0. The lowest BCUT2D eigenvalue weighted by Crippen LogP contribution is -2.19. The van der Waals surface area contributed by atoms with Crippen LogP contribution in [0.5, 0.6) is 0 Å². The highest BCUT2D eigenvalue weighted by Gasteiger charge is 2.30. The summed E-state index contributed by atoms with van der Waals surface area (Å²) in [6.07, 6.45) is -1.87. The minimum atomic E-state index is -4.35. The molecule has 2 rings (SSSR count). The number of rotatable bonds is 8. The summed E-state index contributed by atoms with van der Waals surface area (Å²) in [5, 5.41) is 0.515. The summed E-state index contributed by atoms with van der Waals surface area (Å²) in [4.78, 5) is 6.17. The normalized spacial score (nSPS) is 13.9. The first kappa shape index (κ1) is 26.5. The van der Waals surface area contributed by atoms with Gasteiger partial charge in [-0.1, -0.05) is 49.4 Å². The van der Waals surface area contributed by atoms with E-state index in [0.29, 0.717) is 17.1 Å². The van der Waals surface area contributed by atoms with Gasteiger partial charge in [0.1, 0.15) is 0 Å². The van der Waals surface area contributed by atoms with Crippen molar-refractivity contribution in [3.63, 3.8) is 0 Å². The van der Waals surface area contributed by atoms with E-state index >= 15 is 0 Å². The van der Waals surface area contributed by atoms with E-state index in [9.17, 15) is 13.2 Å². The monoisotopic (exact) mass is 474 g/mol. The van der Waals surface area contributed by atoms with E-state index in [4.69, 9.17) is 11.6 Å². The lowest BCUT2D eigenvalue weighted by atomic mass is 9.93. The van der Waals surface area contributed by atoms with Crippen LogP contribution in [0.4, 0.5) is 18.9 Å². The van der Waals surface area contributed by atoms with Crippen molar-refractivity contribution < 1.29 is 13.2 Å². The van der Waals surface area contributed by atoms with Crippen molar-refractivity contribution in [2.75, 3.05) is 7.05 Å². The molecule has 0 N–H and O–H groups in total. The largest absolute Gasteiger partial charge is 0.416 e. The van der Waals surface area contributed by atoms with Crippen molar-refractivity contribution in [2.45, 2.75) is 46.2 Å².